The van der Waals surface area contributed by atoms with Crippen LogP contribution in [0, 0.1) is 11.8 Å². The van der Waals surface area contributed by atoms with Crippen molar-refractivity contribution in [2.24, 2.45) is 11.8 Å². The summed E-state index contributed by atoms with van der Waals surface area (Å²) in [6, 6.07) is 13.6. The molecule has 2 atom stereocenters. The van der Waals surface area contributed by atoms with Gasteiger partial charge >= 0.3 is 5.97 Å². The van der Waals surface area contributed by atoms with Crippen molar-refractivity contribution in [3.05, 3.63) is 65.2 Å². The van der Waals surface area contributed by atoms with Gasteiger partial charge in [0.15, 0.2) is 6.61 Å². The maximum atomic E-state index is 13.2. The fourth-order valence-electron chi connectivity index (χ4n) is 4.78. The molecule has 2 unspecified atom stereocenters. The lowest BCUT2D eigenvalue weighted by atomic mass is 9.92. The molecule has 2 aromatic carbocycles. The number of benzene rings is 2. The van der Waals surface area contributed by atoms with Gasteiger partial charge in [0.1, 0.15) is 0 Å². The third kappa shape index (κ3) is 5.28. The zero-order valence-corrected chi connectivity index (χ0v) is 19.9. The van der Waals surface area contributed by atoms with Crippen molar-refractivity contribution in [2.45, 2.75) is 38.1 Å². The molecule has 2 heterocycles. The summed E-state index contributed by atoms with van der Waals surface area (Å²) in [7, 11) is -3.77. The van der Waals surface area contributed by atoms with E-state index in [4.69, 9.17) is 4.74 Å². The van der Waals surface area contributed by atoms with E-state index in [0.29, 0.717) is 44.4 Å². The summed E-state index contributed by atoms with van der Waals surface area (Å²) in [6.45, 7) is 5.87. The number of carbonyl (C=O) groups is 2. The summed E-state index contributed by atoms with van der Waals surface area (Å²) in [5.41, 5.74) is 2.26. The van der Waals surface area contributed by atoms with E-state index < -0.39 is 16.0 Å². The van der Waals surface area contributed by atoms with Crippen LogP contribution in [0.2, 0.25) is 0 Å². The Labute approximate surface area is 195 Å². The minimum atomic E-state index is -3.77. The second-order valence-electron chi connectivity index (χ2n) is 9.21. The van der Waals surface area contributed by atoms with E-state index in [9.17, 15) is 18.0 Å². The Morgan fingerprint density at radius 2 is 1.70 bits per heavy atom. The van der Waals surface area contributed by atoms with Gasteiger partial charge in [0.25, 0.3) is 5.91 Å². The number of likely N-dealkylation sites (tertiary alicyclic amines) is 1. The molecule has 2 aliphatic rings. The van der Waals surface area contributed by atoms with Crippen molar-refractivity contribution < 1.29 is 22.7 Å². The van der Waals surface area contributed by atoms with Crippen LogP contribution in [-0.4, -0.2) is 55.7 Å². The molecule has 0 bridgehead atoms. The van der Waals surface area contributed by atoms with Gasteiger partial charge in [-0.2, -0.15) is 4.31 Å². The Morgan fingerprint density at radius 1 is 1.00 bits per heavy atom. The first kappa shape index (κ1) is 23.4. The Kier molecular flexibility index (Phi) is 6.86. The topological polar surface area (TPSA) is 84.0 Å². The third-order valence-electron chi connectivity index (χ3n) is 6.35. The minimum absolute atomic E-state index is 0.0429. The number of ether oxygens (including phenoxy) is 1. The molecular weight excluding hydrogens is 440 g/mol. The van der Waals surface area contributed by atoms with E-state index in [0.717, 1.165) is 17.5 Å². The zero-order chi connectivity index (χ0) is 23.6. The highest BCUT2D eigenvalue weighted by molar-refractivity contribution is 7.89. The number of esters is 1. The van der Waals surface area contributed by atoms with E-state index in [1.54, 1.807) is 4.90 Å². The summed E-state index contributed by atoms with van der Waals surface area (Å²) < 4.78 is 33.1. The molecule has 0 saturated carbocycles. The van der Waals surface area contributed by atoms with Gasteiger partial charge in [-0.15, -0.1) is 0 Å². The lowest BCUT2D eigenvalue weighted by molar-refractivity contribution is -0.137. The molecule has 2 aromatic rings. The summed E-state index contributed by atoms with van der Waals surface area (Å²) in [5, 5.41) is 0. The molecule has 33 heavy (non-hydrogen) atoms. The quantitative estimate of drug-likeness (QED) is 0.627. The maximum Gasteiger partial charge on any atom is 0.338 e. The van der Waals surface area contributed by atoms with Crippen LogP contribution in [0.5, 0.6) is 0 Å². The Morgan fingerprint density at radius 3 is 2.42 bits per heavy atom. The molecule has 1 amide bonds. The van der Waals surface area contributed by atoms with Crippen molar-refractivity contribution in [3.8, 4) is 0 Å². The van der Waals surface area contributed by atoms with Gasteiger partial charge in [-0.25, -0.2) is 13.2 Å². The largest absolute Gasteiger partial charge is 0.452 e. The monoisotopic (exact) mass is 470 g/mol. The second-order valence-corrected chi connectivity index (χ2v) is 11.1. The number of carbonyl (C=O) groups excluding carboxylic acids is 2. The van der Waals surface area contributed by atoms with Crippen LogP contribution in [0.25, 0.3) is 0 Å². The van der Waals surface area contributed by atoms with Gasteiger partial charge in [-0.05, 0) is 54.0 Å². The normalized spacial score (nSPS) is 21.3. The molecule has 2 aliphatic heterocycles. The first-order chi connectivity index (χ1) is 15.7. The van der Waals surface area contributed by atoms with Crippen LogP contribution in [0.4, 0.5) is 0 Å². The van der Waals surface area contributed by atoms with Gasteiger partial charge in [-0.3, -0.25) is 4.79 Å². The Bertz CT molecular complexity index is 1140. The van der Waals surface area contributed by atoms with Crippen LogP contribution in [0.1, 0.15) is 41.8 Å². The van der Waals surface area contributed by atoms with Crippen LogP contribution in [-0.2, 0) is 32.5 Å². The van der Waals surface area contributed by atoms with Crippen LogP contribution >= 0.6 is 0 Å². The van der Waals surface area contributed by atoms with E-state index in [1.807, 2.05) is 24.3 Å². The SMILES string of the molecule is CC1CC(C)CN(C(=O)COC(=O)c2cccc(S(=O)(=O)N3CCc4ccccc4C3)c2)C1. The molecule has 0 spiro atoms. The second kappa shape index (κ2) is 9.65. The summed E-state index contributed by atoms with van der Waals surface area (Å²) in [4.78, 5) is 26.9. The predicted molar refractivity (Wildman–Crippen MR) is 124 cm³/mol. The molecule has 0 aliphatic carbocycles. The lowest BCUT2D eigenvalue weighted by Crippen LogP contribution is -2.44. The molecule has 0 radical (unpaired) electrons. The van der Waals surface area contributed by atoms with E-state index in [-0.39, 0.29) is 23.0 Å². The fourth-order valence-corrected chi connectivity index (χ4v) is 6.24. The van der Waals surface area contributed by atoms with Crippen molar-refractivity contribution in [2.75, 3.05) is 26.2 Å². The average Bonchev–Trinajstić information content (AvgIpc) is 2.81. The molecule has 0 N–H and O–H groups in total. The molecule has 1 fully saturated rings. The number of amides is 1. The maximum absolute atomic E-state index is 13.2. The van der Waals surface area contributed by atoms with E-state index >= 15 is 0 Å². The van der Waals surface area contributed by atoms with Crippen LogP contribution in [0.3, 0.4) is 0 Å². The summed E-state index contributed by atoms with van der Waals surface area (Å²) in [5.74, 6) is -0.103. The number of rotatable bonds is 5. The summed E-state index contributed by atoms with van der Waals surface area (Å²) >= 11 is 0. The van der Waals surface area contributed by atoms with Crippen LogP contribution < -0.4 is 0 Å². The Hall–Kier alpha value is -2.71. The number of fused-ring (bicyclic) bond motifs is 1. The number of hydrogen-bond acceptors (Lipinski definition) is 5. The van der Waals surface area contributed by atoms with E-state index in [2.05, 4.69) is 13.8 Å². The van der Waals surface area contributed by atoms with E-state index in [1.165, 1.54) is 28.6 Å². The van der Waals surface area contributed by atoms with Gasteiger partial charge in [-0.1, -0.05) is 44.2 Å². The van der Waals surface area contributed by atoms with Gasteiger partial charge in [0, 0.05) is 26.2 Å². The average molecular weight is 471 g/mol. The summed E-state index contributed by atoms with van der Waals surface area (Å²) in [6.07, 6.45) is 1.72. The lowest BCUT2D eigenvalue weighted by Gasteiger charge is -2.34. The van der Waals surface area contributed by atoms with Crippen molar-refractivity contribution in [1.29, 1.82) is 0 Å². The molecule has 176 valence electrons. The smallest absolute Gasteiger partial charge is 0.338 e. The first-order valence-corrected chi connectivity index (χ1v) is 12.8. The standard InChI is InChI=1S/C25H30N2O5S/c1-18-12-19(2)15-26(14-18)24(28)17-32-25(29)21-8-5-9-23(13-21)33(30,31)27-11-10-20-6-3-4-7-22(20)16-27/h3-9,13,18-19H,10-12,14-17H2,1-2H3. The number of sulfonamides is 1. The molecule has 8 heteroatoms. The highest BCUT2D eigenvalue weighted by Gasteiger charge is 2.29. The molecule has 0 aromatic heterocycles. The highest BCUT2D eigenvalue weighted by atomic mass is 32.2. The van der Waals surface area contributed by atoms with Gasteiger partial charge in [0.2, 0.25) is 10.0 Å². The molecule has 1 saturated heterocycles. The Balaban J connectivity index is 1.42. The third-order valence-corrected chi connectivity index (χ3v) is 8.19. The molecule has 7 nitrogen and oxygen atoms in total. The first-order valence-electron chi connectivity index (χ1n) is 11.4. The zero-order valence-electron chi connectivity index (χ0n) is 19.1. The predicted octanol–water partition coefficient (Wildman–Crippen LogP) is 3.09. The number of nitrogens with zero attached hydrogens (tertiary/aromatic N) is 2. The molecule has 4 rings (SSSR count). The van der Waals surface area contributed by atoms with Crippen molar-refractivity contribution in [3.63, 3.8) is 0 Å². The fraction of sp³-hybridized carbons (Fsp3) is 0.440. The highest BCUT2D eigenvalue weighted by Crippen LogP contribution is 2.25. The van der Waals surface area contributed by atoms with Gasteiger partial charge in [0.05, 0.1) is 10.5 Å². The van der Waals surface area contributed by atoms with Crippen molar-refractivity contribution >= 4 is 21.9 Å². The molecular formula is C25H30N2O5S. The van der Waals surface area contributed by atoms with Gasteiger partial charge < -0.3 is 9.64 Å². The minimum Gasteiger partial charge on any atom is -0.452 e. The van der Waals surface area contributed by atoms with Crippen LogP contribution in [0.15, 0.2) is 53.4 Å². The van der Waals surface area contributed by atoms with Crippen molar-refractivity contribution in [1.82, 2.24) is 9.21 Å². The number of piperidine rings is 1. The number of hydrogen-bond donors (Lipinski definition) is 0.